The third-order valence-corrected chi connectivity index (χ3v) is 5.13. The van der Waals surface area contributed by atoms with Crippen molar-refractivity contribution in [1.82, 2.24) is 5.32 Å². The van der Waals surface area contributed by atoms with Crippen molar-refractivity contribution >= 4 is 29.6 Å². The Kier molecular flexibility index (Phi) is 14.7. The van der Waals surface area contributed by atoms with E-state index in [0.29, 0.717) is 5.75 Å². The van der Waals surface area contributed by atoms with Gasteiger partial charge in [0.25, 0.3) is 0 Å². The maximum Gasteiger partial charge on any atom is 0.327 e. The molecule has 0 bridgehead atoms. The number of aliphatic carboxylic acids is 2. The number of hydrogen-bond donors (Lipinski definition) is 3. The molecule has 6 nitrogen and oxygen atoms in total. The molecule has 0 radical (unpaired) electrons. The van der Waals surface area contributed by atoms with Gasteiger partial charge in [0, 0.05) is 17.9 Å². The van der Waals surface area contributed by atoms with Crippen LogP contribution >= 0.6 is 11.8 Å². The topological polar surface area (TPSA) is 104 Å². The number of amides is 1. The van der Waals surface area contributed by atoms with Crippen LogP contribution in [0.4, 0.5) is 0 Å². The van der Waals surface area contributed by atoms with E-state index in [-0.39, 0.29) is 18.6 Å². The lowest BCUT2D eigenvalue weighted by atomic mass is 10.1. The number of hydrogen-bond acceptors (Lipinski definition) is 4. The van der Waals surface area contributed by atoms with Crippen LogP contribution in [-0.2, 0) is 14.4 Å². The van der Waals surface area contributed by atoms with Gasteiger partial charge in [-0.3, -0.25) is 9.59 Å². The molecule has 29 heavy (non-hydrogen) atoms. The van der Waals surface area contributed by atoms with Crippen molar-refractivity contribution in [2.75, 3.05) is 11.5 Å². The second-order valence-corrected chi connectivity index (χ2v) is 8.42. The third kappa shape index (κ3) is 16.6. The van der Waals surface area contributed by atoms with E-state index in [1.807, 2.05) is 0 Å². The lowest BCUT2D eigenvalue weighted by Gasteiger charge is -2.13. The zero-order chi connectivity index (χ0) is 22.2. The van der Waals surface area contributed by atoms with Gasteiger partial charge in [0.05, 0.1) is 6.42 Å². The number of carbonyl (C=O) groups excluding carboxylic acids is 1. The van der Waals surface area contributed by atoms with Crippen LogP contribution in [0.5, 0.6) is 0 Å². The van der Waals surface area contributed by atoms with E-state index in [9.17, 15) is 19.5 Å². The van der Waals surface area contributed by atoms with Crippen LogP contribution in [0.25, 0.3) is 0 Å². The molecule has 0 heterocycles. The SMILES string of the molecule is CC(C)=CCC/C(C)=C/CC/C(C)=C/CSC[C@@H](NC(=O)CCC(=O)O)C(=O)O. The minimum atomic E-state index is -1.12. The van der Waals surface area contributed by atoms with Gasteiger partial charge < -0.3 is 15.5 Å². The first-order valence-electron chi connectivity index (χ1n) is 9.88. The Morgan fingerprint density at radius 2 is 1.45 bits per heavy atom. The van der Waals surface area contributed by atoms with Crippen molar-refractivity contribution in [2.45, 2.75) is 72.3 Å². The van der Waals surface area contributed by atoms with Crippen molar-refractivity contribution in [3.63, 3.8) is 0 Å². The molecule has 1 atom stereocenters. The lowest BCUT2D eigenvalue weighted by Crippen LogP contribution is -2.42. The number of carbonyl (C=O) groups is 3. The van der Waals surface area contributed by atoms with E-state index in [1.54, 1.807) is 0 Å². The van der Waals surface area contributed by atoms with Gasteiger partial charge in [0.1, 0.15) is 6.04 Å². The first-order valence-corrected chi connectivity index (χ1v) is 11.0. The quantitative estimate of drug-likeness (QED) is 0.262. The molecule has 0 aliphatic heterocycles. The van der Waals surface area contributed by atoms with Gasteiger partial charge in [-0.05, 0) is 53.4 Å². The van der Waals surface area contributed by atoms with Crippen LogP contribution in [0.15, 0.2) is 34.9 Å². The smallest absolute Gasteiger partial charge is 0.327 e. The predicted octanol–water partition coefficient (Wildman–Crippen LogP) is 4.57. The summed E-state index contributed by atoms with van der Waals surface area (Å²) in [6, 6.07) is -1.01. The summed E-state index contributed by atoms with van der Waals surface area (Å²) in [4.78, 5) is 33.3. The highest BCUT2D eigenvalue weighted by Crippen LogP contribution is 2.13. The van der Waals surface area contributed by atoms with Crippen LogP contribution in [-0.4, -0.2) is 45.6 Å². The molecule has 0 saturated heterocycles. The summed E-state index contributed by atoms with van der Waals surface area (Å²) in [6.45, 7) is 8.44. The minimum absolute atomic E-state index is 0.218. The Morgan fingerprint density at radius 3 is 2.00 bits per heavy atom. The normalized spacial score (nSPS) is 13.0. The lowest BCUT2D eigenvalue weighted by molar-refractivity contribution is -0.141. The van der Waals surface area contributed by atoms with Gasteiger partial charge in [-0.15, -0.1) is 0 Å². The molecular weight excluding hydrogens is 390 g/mol. The fourth-order valence-corrected chi connectivity index (χ4v) is 3.39. The minimum Gasteiger partial charge on any atom is -0.481 e. The van der Waals surface area contributed by atoms with Crippen molar-refractivity contribution in [3.05, 3.63) is 34.9 Å². The molecule has 3 N–H and O–H groups in total. The Bertz CT molecular complexity index is 633. The van der Waals surface area contributed by atoms with Crippen molar-refractivity contribution < 1.29 is 24.6 Å². The molecule has 0 aromatic carbocycles. The van der Waals surface area contributed by atoms with Crippen LogP contribution in [0.1, 0.15) is 66.2 Å². The monoisotopic (exact) mass is 425 g/mol. The Morgan fingerprint density at radius 1 is 0.862 bits per heavy atom. The second kappa shape index (κ2) is 15.9. The van der Waals surface area contributed by atoms with Gasteiger partial charge >= 0.3 is 11.9 Å². The van der Waals surface area contributed by atoms with Crippen molar-refractivity contribution in [1.29, 1.82) is 0 Å². The maximum atomic E-state index is 11.6. The first-order chi connectivity index (χ1) is 13.6. The Labute approximate surface area is 178 Å². The Hall–Kier alpha value is -2.02. The highest BCUT2D eigenvalue weighted by atomic mass is 32.2. The van der Waals surface area contributed by atoms with E-state index < -0.39 is 23.9 Å². The molecule has 0 spiro atoms. The van der Waals surface area contributed by atoms with Gasteiger partial charge in [0.15, 0.2) is 0 Å². The summed E-state index contributed by atoms with van der Waals surface area (Å²) in [5.74, 6) is -1.85. The second-order valence-electron chi connectivity index (χ2n) is 7.35. The largest absolute Gasteiger partial charge is 0.481 e. The zero-order valence-corrected chi connectivity index (χ0v) is 18.8. The van der Waals surface area contributed by atoms with E-state index in [0.717, 1.165) is 25.7 Å². The van der Waals surface area contributed by atoms with E-state index in [2.05, 4.69) is 51.2 Å². The van der Waals surface area contributed by atoms with Gasteiger partial charge in [-0.1, -0.05) is 34.9 Å². The summed E-state index contributed by atoms with van der Waals surface area (Å²) >= 11 is 1.43. The van der Waals surface area contributed by atoms with Gasteiger partial charge in [-0.2, -0.15) is 11.8 Å². The van der Waals surface area contributed by atoms with E-state index in [4.69, 9.17) is 5.11 Å². The first kappa shape index (κ1) is 27.0. The van der Waals surface area contributed by atoms with Gasteiger partial charge in [0.2, 0.25) is 5.91 Å². The number of allylic oxidation sites excluding steroid dienone is 5. The predicted molar refractivity (Wildman–Crippen MR) is 119 cm³/mol. The average Bonchev–Trinajstić information content (AvgIpc) is 2.61. The molecule has 0 saturated carbocycles. The fraction of sp³-hybridized carbons (Fsp3) is 0.591. The molecular formula is C22H35NO5S. The Balaban J connectivity index is 4.20. The summed E-state index contributed by atoms with van der Waals surface area (Å²) in [5.41, 5.74) is 4.00. The molecule has 0 aromatic rings. The van der Waals surface area contributed by atoms with Crippen molar-refractivity contribution in [3.8, 4) is 0 Å². The highest BCUT2D eigenvalue weighted by molar-refractivity contribution is 7.99. The van der Waals surface area contributed by atoms with E-state index >= 15 is 0 Å². The van der Waals surface area contributed by atoms with Crippen molar-refractivity contribution in [2.24, 2.45) is 0 Å². The number of carboxylic acids is 2. The molecule has 7 heteroatoms. The van der Waals surface area contributed by atoms with Crippen LogP contribution in [0.3, 0.4) is 0 Å². The molecule has 0 rings (SSSR count). The highest BCUT2D eigenvalue weighted by Gasteiger charge is 2.19. The molecule has 164 valence electrons. The molecule has 0 aromatic heterocycles. The molecule has 0 unspecified atom stereocenters. The molecule has 0 aliphatic carbocycles. The molecule has 0 aliphatic rings. The summed E-state index contributed by atoms with van der Waals surface area (Å²) in [5, 5.41) is 20.1. The fourth-order valence-electron chi connectivity index (χ4n) is 2.39. The zero-order valence-electron chi connectivity index (χ0n) is 18.0. The molecule has 1 amide bonds. The maximum absolute atomic E-state index is 11.6. The average molecular weight is 426 g/mol. The van der Waals surface area contributed by atoms with Crippen LogP contribution < -0.4 is 5.32 Å². The van der Waals surface area contributed by atoms with E-state index in [1.165, 1.54) is 28.5 Å². The number of thioether (sulfide) groups is 1. The number of carboxylic acid groups (broad SMARTS) is 2. The summed E-state index contributed by atoms with van der Waals surface area (Å²) in [7, 11) is 0. The third-order valence-electron chi connectivity index (χ3n) is 4.16. The number of rotatable bonds is 15. The van der Waals surface area contributed by atoms with Crippen LogP contribution in [0.2, 0.25) is 0 Å². The van der Waals surface area contributed by atoms with Gasteiger partial charge in [-0.25, -0.2) is 4.79 Å². The summed E-state index contributed by atoms with van der Waals surface area (Å²) in [6.07, 6.45) is 10.2. The number of nitrogens with one attached hydrogen (secondary N) is 1. The summed E-state index contributed by atoms with van der Waals surface area (Å²) < 4.78 is 0. The molecule has 0 fully saturated rings. The standard InChI is InChI=1S/C22H35NO5S/c1-16(2)7-5-8-17(3)9-6-10-18(4)13-14-29-15-19(22(27)28)23-20(24)11-12-21(25)26/h7,9,13,19H,5-6,8,10-12,14-15H2,1-4H3,(H,23,24)(H,25,26)(H,27,28)/b17-9+,18-13+/t19-/m1/s1. The van der Waals surface area contributed by atoms with Crippen LogP contribution in [0, 0.1) is 0 Å².